The molecule has 0 saturated heterocycles. The van der Waals surface area contributed by atoms with Crippen LogP contribution in [0.3, 0.4) is 0 Å². The molecule has 0 aromatic heterocycles. The fourth-order valence-electron chi connectivity index (χ4n) is 1.85. The van der Waals surface area contributed by atoms with Crippen LogP contribution in [0.25, 0.3) is 0 Å². The molecule has 0 aliphatic carbocycles. The van der Waals surface area contributed by atoms with Crippen molar-refractivity contribution in [2.24, 2.45) is 5.92 Å². The molecule has 0 N–H and O–H groups in total. The van der Waals surface area contributed by atoms with Gasteiger partial charge in [0.15, 0.2) is 0 Å². The number of carbonyl (C=O) groups excluding carboxylic acids is 2. The zero-order valence-electron chi connectivity index (χ0n) is 10.7. The lowest BCUT2D eigenvalue weighted by Crippen LogP contribution is -2.38. The summed E-state index contributed by atoms with van der Waals surface area (Å²) in [7, 11) is 0. The predicted octanol–water partition coefficient (Wildman–Crippen LogP) is 2.69. The smallest absolute Gasteiger partial charge is 0.303 e. The summed E-state index contributed by atoms with van der Waals surface area (Å²) in [5.74, 6) is -0.768. The number of hydrogen-bond acceptors (Lipinski definition) is 3. The highest BCUT2D eigenvalue weighted by molar-refractivity contribution is 5.80. The van der Waals surface area contributed by atoms with Crippen LogP contribution in [0.1, 0.15) is 33.3 Å². The Balaban J connectivity index is 3.19. The van der Waals surface area contributed by atoms with Gasteiger partial charge < -0.3 is 4.74 Å². The predicted molar refractivity (Wildman–Crippen MR) is 65.4 cm³/mol. The second-order valence-corrected chi connectivity index (χ2v) is 4.40. The van der Waals surface area contributed by atoms with Crippen LogP contribution in [-0.2, 0) is 19.9 Å². The van der Waals surface area contributed by atoms with E-state index in [1.54, 1.807) is 13.8 Å². The van der Waals surface area contributed by atoms with Crippen LogP contribution in [0.4, 0.5) is 0 Å². The second kappa shape index (κ2) is 5.13. The molecule has 0 aliphatic heterocycles. The van der Waals surface area contributed by atoms with Crippen molar-refractivity contribution in [3.8, 4) is 0 Å². The summed E-state index contributed by atoms with van der Waals surface area (Å²) < 4.78 is 5.39. The number of esters is 1. The van der Waals surface area contributed by atoms with Gasteiger partial charge in [-0.1, -0.05) is 37.3 Å². The first-order valence-electron chi connectivity index (χ1n) is 5.63. The number of ketones is 1. The van der Waals surface area contributed by atoms with E-state index >= 15 is 0 Å². The molecule has 0 amide bonds. The fourth-order valence-corrected chi connectivity index (χ4v) is 1.85. The molecule has 0 saturated carbocycles. The highest BCUT2D eigenvalue weighted by Gasteiger charge is 2.38. The first-order valence-corrected chi connectivity index (χ1v) is 5.63. The molecule has 17 heavy (non-hydrogen) atoms. The summed E-state index contributed by atoms with van der Waals surface area (Å²) in [6.45, 7) is 6.41. The molecule has 0 radical (unpaired) electrons. The molecule has 3 nitrogen and oxygen atoms in total. The van der Waals surface area contributed by atoms with Crippen LogP contribution in [0.2, 0.25) is 0 Å². The van der Waals surface area contributed by atoms with Crippen LogP contribution in [0.5, 0.6) is 0 Å². The Kier molecular flexibility index (Phi) is 4.05. The zero-order valence-corrected chi connectivity index (χ0v) is 10.7. The Morgan fingerprint density at radius 2 is 1.71 bits per heavy atom. The fraction of sp³-hybridized carbons (Fsp3) is 0.429. The molecule has 1 aromatic rings. The van der Waals surface area contributed by atoms with Crippen molar-refractivity contribution in [1.82, 2.24) is 0 Å². The number of carbonyl (C=O) groups is 2. The third kappa shape index (κ3) is 2.93. The first-order chi connectivity index (χ1) is 7.88. The largest absolute Gasteiger partial charge is 0.454 e. The summed E-state index contributed by atoms with van der Waals surface area (Å²) >= 11 is 0. The van der Waals surface area contributed by atoms with Gasteiger partial charge in [0.05, 0.1) is 5.92 Å². The quantitative estimate of drug-likeness (QED) is 0.752. The second-order valence-electron chi connectivity index (χ2n) is 4.40. The first kappa shape index (κ1) is 13.4. The Bertz CT molecular complexity index is 411. The van der Waals surface area contributed by atoms with Gasteiger partial charge in [0.2, 0.25) is 0 Å². The maximum Gasteiger partial charge on any atom is 0.303 e. The molecule has 2 atom stereocenters. The molecular formula is C14H18O3. The molecule has 92 valence electrons. The minimum atomic E-state index is -0.904. The maximum absolute atomic E-state index is 11.6. The van der Waals surface area contributed by atoms with E-state index in [0.29, 0.717) is 0 Å². The van der Waals surface area contributed by atoms with E-state index in [1.807, 2.05) is 30.3 Å². The van der Waals surface area contributed by atoms with E-state index < -0.39 is 5.60 Å². The van der Waals surface area contributed by atoms with Crippen molar-refractivity contribution in [3.63, 3.8) is 0 Å². The molecular weight excluding hydrogens is 216 g/mol. The Morgan fingerprint density at radius 3 is 2.12 bits per heavy atom. The third-order valence-electron chi connectivity index (χ3n) is 3.14. The topological polar surface area (TPSA) is 43.4 Å². The summed E-state index contributed by atoms with van der Waals surface area (Å²) in [6, 6.07) is 9.34. The summed E-state index contributed by atoms with van der Waals surface area (Å²) in [4.78, 5) is 22.8. The average Bonchev–Trinajstić information content (AvgIpc) is 2.28. The van der Waals surface area contributed by atoms with Crippen LogP contribution < -0.4 is 0 Å². The molecule has 3 heteroatoms. The van der Waals surface area contributed by atoms with Crippen molar-refractivity contribution in [2.45, 2.75) is 33.3 Å². The zero-order chi connectivity index (χ0) is 13.1. The summed E-state index contributed by atoms with van der Waals surface area (Å²) in [6.07, 6.45) is 0. The van der Waals surface area contributed by atoms with Gasteiger partial charge in [0, 0.05) is 6.92 Å². The van der Waals surface area contributed by atoms with Crippen molar-refractivity contribution >= 4 is 11.8 Å². The van der Waals surface area contributed by atoms with Crippen LogP contribution in [0.15, 0.2) is 30.3 Å². The SMILES string of the molecule is CC(=O)O[C@](C)(c1ccccc1)[C@H](C)C(C)=O. The van der Waals surface area contributed by atoms with Gasteiger partial charge in [-0.25, -0.2) is 0 Å². The molecule has 1 aromatic carbocycles. The molecule has 0 heterocycles. The molecule has 0 aliphatic rings. The lowest BCUT2D eigenvalue weighted by atomic mass is 9.81. The molecule has 0 spiro atoms. The summed E-state index contributed by atoms with van der Waals surface area (Å²) in [5.41, 5.74) is -0.0725. The number of ether oxygens (including phenoxy) is 1. The number of hydrogen-bond donors (Lipinski definition) is 0. The lowest BCUT2D eigenvalue weighted by molar-refractivity contribution is -0.164. The lowest BCUT2D eigenvalue weighted by Gasteiger charge is -2.34. The van der Waals surface area contributed by atoms with Crippen molar-refractivity contribution in [2.75, 3.05) is 0 Å². The highest BCUT2D eigenvalue weighted by Crippen LogP contribution is 2.34. The third-order valence-corrected chi connectivity index (χ3v) is 3.14. The van der Waals surface area contributed by atoms with E-state index in [2.05, 4.69) is 0 Å². The van der Waals surface area contributed by atoms with E-state index in [1.165, 1.54) is 13.8 Å². The summed E-state index contributed by atoms with van der Waals surface area (Å²) in [5, 5.41) is 0. The number of benzene rings is 1. The van der Waals surface area contributed by atoms with E-state index in [9.17, 15) is 9.59 Å². The van der Waals surface area contributed by atoms with Crippen molar-refractivity contribution < 1.29 is 14.3 Å². The van der Waals surface area contributed by atoms with E-state index in [-0.39, 0.29) is 17.7 Å². The van der Waals surface area contributed by atoms with Gasteiger partial charge in [0.1, 0.15) is 11.4 Å². The van der Waals surface area contributed by atoms with Crippen molar-refractivity contribution in [1.29, 1.82) is 0 Å². The Morgan fingerprint density at radius 1 is 1.18 bits per heavy atom. The van der Waals surface area contributed by atoms with Gasteiger partial charge in [-0.15, -0.1) is 0 Å². The highest BCUT2D eigenvalue weighted by atomic mass is 16.6. The monoisotopic (exact) mass is 234 g/mol. The molecule has 1 rings (SSSR count). The van der Waals surface area contributed by atoms with Crippen molar-refractivity contribution in [3.05, 3.63) is 35.9 Å². The van der Waals surface area contributed by atoms with Crippen LogP contribution in [-0.4, -0.2) is 11.8 Å². The van der Waals surface area contributed by atoms with Gasteiger partial charge >= 0.3 is 5.97 Å². The number of rotatable bonds is 4. The van der Waals surface area contributed by atoms with Crippen LogP contribution >= 0.6 is 0 Å². The molecule has 0 unspecified atom stereocenters. The van der Waals surface area contributed by atoms with E-state index in [0.717, 1.165) is 5.56 Å². The molecule has 0 bridgehead atoms. The van der Waals surface area contributed by atoms with Gasteiger partial charge in [0.25, 0.3) is 0 Å². The normalized spacial score (nSPS) is 15.8. The van der Waals surface area contributed by atoms with Gasteiger partial charge in [-0.3, -0.25) is 9.59 Å². The van der Waals surface area contributed by atoms with Crippen LogP contribution in [0, 0.1) is 5.92 Å². The maximum atomic E-state index is 11.6. The minimum Gasteiger partial charge on any atom is -0.454 e. The molecule has 0 fully saturated rings. The Hall–Kier alpha value is -1.64. The minimum absolute atomic E-state index is 0.00222. The van der Waals surface area contributed by atoms with Gasteiger partial charge in [-0.05, 0) is 19.4 Å². The number of Topliss-reactive ketones (excluding diaryl/α,β-unsaturated/α-hetero) is 1. The Labute approximate surface area is 102 Å². The average molecular weight is 234 g/mol. The van der Waals surface area contributed by atoms with Gasteiger partial charge in [-0.2, -0.15) is 0 Å². The standard InChI is InChI=1S/C14H18O3/c1-10(11(2)15)14(4,17-12(3)16)13-8-6-5-7-9-13/h5-10H,1-4H3/t10-,14+/m1/s1. The van der Waals surface area contributed by atoms with E-state index in [4.69, 9.17) is 4.74 Å².